The van der Waals surface area contributed by atoms with Crippen molar-refractivity contribution in [3.63, 3.8) is 0 Å². The molecule has 1 spiro atoms. The van der Waals surface area contributed by atoms with Gasteiger partial charge >= 0.3 is 6.18 Å². The Labute approximate surface area is 180 Å². The molecule has 5 nitrogen and oxygen atoms in total. The van der Waals surface area contributed by atoms with Crippen molar-refractivity contribution in [2.45, 2.75) is 38.3 Å². The molecule has 168 valence electrons. The van der Waals surface area contributed by atoms with E-state index in [1.807, 2.05) is 9.80 Å². The van der Waals surface area contributed by atoms with Crippen molar-refractivity contribution >= 4 is 11.6 Å². The molecule has 3 aliphatic rings. The Balaban J connectivity index is 1.53. The summed E-state index contributed by atoms with van der Waals surface area (Å²) < 4.78 is 45.8. The van der Waals surface area contributed by atoms with E-state index in [0.717, 1.165) is 38.2 Å². The van der Waals surface area contributed by atoms with Crippen molar-refractivity contribution in [1.82, 2.24) is 4.90 Å². The number of carbonyl (C=O) groups is 1. The second kappa shape index (κ2) is 8.34. The van der Waals surface area contributed by atoms with Crippen LogP contribution in [0.1, 0.15) is 43.2 Å². The van der Waals surface area contributed by atoms with Gasteiger partial charge in [-0.25, -0.2) is 0 Å². The molecule has 0 N–H and O–H groups in total. The van der Waals surface area contributed by atoms with Crippen molar-refractivity contribution in [2.75, 3.05) is 44.8 Å². The van der Waals surface area contributed by atoms with E-state index in [1.54, 1.807) is 19.2 Å². The van der Waals surface area contributed by atoms with E-state index < -0.39 is 11.7 Å². The Hall–Kier alpha value is -2.27. The first-order valence-electron chi connectivity index (χ1n) is 10.9. The van der Waals surface area contributed by atoms with Gasteiger partial charge < -0.3 is 14.5 Å². The van der Waals surface area contributed by atoms with Gasteiger partial charge in [-0.2, -0.15) is 18.4 Å². The molecule has 2 aliphatic heterocycles. The van der Waals surface area contributed by atoms with Gasteiger partial charge in [0, 0.05) is 50.8 Å². The average Bonchev–Trinajstić information content (AvgIpc) is 3.04. The molecule has 0 radical (unpaired) electrons. The normalized spacial score (nSPS) is 23.6. The van der Waals surface area contributed by atoms with E-state index in [1.165, 1.54) is 6.07 Å². The average molecular weight is 435 g/mol. The number of carbonyl (C=O) groups excluding carboxylic acids is 1. The van der Waals surface area contributed by atoms with E-state index in [-0.39, 0.29) is 28.7 Å². The van der Waals surface area contributed by atoms with Gasteiger partial charge in [-0.3, -0.25) is 4.79 Å². The van der Waals surface area contributed by atoms with Crippen LogP contribution < -0.4 is 4.90 Å². The molecule has 3 fully saturated rings. The minimum Gasteiger partial charge on any atom is -0.384 e. The van der Waals surface area contributed by atoms with Gasteiger partial charge in [0.05, 0.1) is 23.8 Å². The van der Waals surface area contributed by atoms with Crippen LogP contribution in [0, 0.1) is 28.6 Å². The highest BCUT2D eigenvalue weighted by Crippen LogP contribution is 2.47. The molecule has 8 heteroatoms. The molecule has 1 saturated carbocycles. The van der Waals surface area contributed by atoms with Crippen LogP contribution in [-0.4, -0.2) is 50.7 Å². The van der Waals surface area contributed by atoms with Gasteiger partial charge in [0.2, 0.25) is 5.91 Å². The molecule has 1 unspecified atom stereocenters. The number of alkyl halides is 3. The van der Waals surface area contributed by atoms with Crippen LogP contribution in [0.15, 0.2) is 18.2 Å². The third-order valence-corrected chi connectivity index (χ3v) is 7.50. The number of hydrogen-bond donors (Lipinski definition) is 0. The summed E-state index contributed by atoms with van der Waals surface area (Å²) in [6.07, 6.45) is 0.194. The predicted octanol–water partition coefficient (Wildman–Crippen LogP) is 4.07. The van der Waals surface area contributed by atoms with Crippen molar-refractivity contribution < 1.29 is 22.7 Å². The molecule has 1 aromatic carbocycles. The highest BCUT2D eigenvalue weighted by atomic mass is 19.4. The first-order chi connectivity index (χ1) is 14.8. The van der Waals surface area contributed by atoms with E-state index in [4.69, 9.17) is 10.00 Å². The summed E-state index contributed by atoms with van der Waals surface area (Å²) in [6.45, 7) is 3.17. The lowest BCUT2D eigenvalue weighted by Crippen LogP contribution is -2.49. The lowest BCUT2D eigenvalue weighted by molar-refractivity contribution is -0.141. The number of amides is 1. The SMILES string of the molecule is COCC1CN(c2ccc(C#N)c(C(F)(F)F)c2)CC12CCN(C(=O)C1CCC1)CC2. The van der Waals surface area contributed by atoms with Crippen LogP contribution in [0.2, 0.25) is 0 Å². The number of likely N-dealkylation sites (tertiary alicyclic amines) is 1. The molecule has 1 amide bonds. The molecular weight excluding hydrogens is 407 g/mol. The fraction of sp³-hybridized carbons (Fsp3) is 0.652. The highest BCUT2D eigenvalue weighted by Gasteiger charge is 2.49. The van der Waals surface area contributed by atoms with Crippen molar-refractivity contribution in [3.8, 4) is 6.07 Å². The van der Waals surface area contributed by atoms with E-state index in [2.05, 4.69) is 0 Å². The number of nitriles is 1. The number of hydrogen-bond acceptors (Lipinski definition) is 4. The molecular formula is C23H28F3N3O2. The van der Waals surface area contributed by atoms with Gasteiger partial charge in [-0.1, -0.05) is 6.42 Å². The number of benzene rings is 1. The number of ether oxygens (including phenoxy) is 1. The minimum absolute atomic E-state index is 0.0846. The number of piperidine rings is 1. The second-order valence-electron chi connectivity index (χ2n) is 9.19. The summed E-state index contributed by atoms with van der Waals surface area (Å²) in [5, 5.41) is 9.07. The van der Waals surface area contributed by atoms with Crippen molar-refractivity contribution in [2.24, 2.45) is 17.3 Å². The molecule has 2 saturated heterocycles. The van der Waals surface area contributed by atoms with E-state index >= 15 is 0 Å². The zero-order valence-electron chi connectivity index (χ0n) is 17.7. The molecule has 0 aromatic heterocycles. The molecule has 1 aromatic rings. The summed E-state index contributed by atoms with van der Waals surface area (Å²) in [4.78, 5) is 16.6. The van der Waals surface area contributed by atoms with Crippen molar-refractivity contribution in [3.05, 3.63) is 29.3 Å². The first-order valence-corrected chi connectivity index (χ1v) is 10.9. The molecule has 1 aliphatic carbocycles. The van der Waals surface area contributed by atoms with Crippen molar-refractivity contribution in [1.29, 1.82) is 5.26 Å². The number of rotatable bonds is 4. The topological polar surface area (TPSA) is 56.6 Å². The standard InChI is InChI=1S/C23H28F3N3O2/c1-31-14-18-13-29(19-6-5-17(12-27)20(11-19)23(24,25)26)15-22(18)7-9-28(10-8-22)21(30)16-3-2-4-16/h5-6,11,16,18H,2-4,7-10,13-15H2,1H3. The van der Waals surface area contributed by atoms with Crippen LogP contribution >= 0.6 is 0 Å². The fourth-order valence-electron chi connectivity index (χ4n) is 5.37. The van der Waals surface area contributed by atoms with Crippen LogP contribution in [0.3, 0.4) is 0 Å². The highest BCUT2D eigenvalue weighted by molar-refractivity contribution is 5.79. The Bertz CT molecular complexity index is 868. The fourth-order valence-corrected chi connectivity index (χ4v) is 5.37. The summed E-state index contributed by atoms with van der Waals surface area (Å²) in [7, 11) is 1.65. The van der Waals surface area contributed by atoms with Gasteiger partial charge in [0.15, 0.2) is 0 Å². The Morgan fingerprint density at radius 2 is 2.00 bits per heavy atom. The Morgan fingerprint density at radius 3 is 2.55 bits per heavy atom. The van der Waals surface area contributed by atoms with E-state index in [9.17, 15) is 18.0 Å². The summed E-state index contributed by atoms with van der Waals surface area (Å²) in [5.41, 5.74) is -0.852. The smallest absolute Gasteiger partial charge is 0.384 e. The number of nitrogens with zero attached hydrogens (tertiary/aromatic N) is 3. The van der Waals surface area contributed by atoms with Crippen LogP contribution in [-0.2, 0) is 15.7 Å². The lowest BCUT2D eigenvalue weighted by atomic mass is 9.70. The third-order valence-electron chi connectivity index (χ3n) is 7.50. The third kappa shape index (κ3) is 4.12. The zero-order chi connectivity index (χ0) is 22.2. The van der Waals surface area contributed by atoms with Crippen LogP contribution in [0.25, 0.3) is 0 Å². The first kappa shape index (κ1) is 21.9. The molecule has 1 atom stereocenters. The molecule has 2 heterocycles. The van der Waals surface area contributed by atoms with Gasteiger partial charge in [-0.05, 0) is 49.3 Å². The van der Waals surface area contributed by atoms with E-state index in [0.29, 0.717) is 38.5 Å². The quantitative estimate of drug-likeness (QED) is 0.716. The molecule has 0 bridgehead atoms. The number of halogens is 3. The largest absolute Gasteiger partial charge is 0.417 e. The van der Waals surface area contributed by atoms with Crippen LogP contribution in [0.5, 0.6) is 0 Å². The minimum atomic E-state index is -4.57. The maximum absolute atomic E-state index is 13.4. The summed E-state index contributed by atoms with van der Waals surface area (Å²) in [6, 6.07) is 5.60. The maximum Gasteiger partial charge on any atom is 0.417 e. The monoisotopic (exact) mass is 435 g/mol. The summed E-state index contributed by atoms with van der Waals surface area (Å²) >= 11 is 0. The maximum atomic E-state index is 13.4. The molecule has 31 heavy (non-hydrogen) atoms. The number of anilines is 1. The molecule has 4 rings (SSSR count). The predicted molar refractivity (Wildman–Crippen MR) is 109 cm³/mol. The number of methoxy groups -OCH3 is 1. The Morgan fingerprint density at radius 1 is 1.29 bits per heavy atom. The summed E-state index contributed by atoms with van der Waals surface area (Å²) in [5.74, 6) is 0.632. The lowest BCUT2D eigenvalue weighted by Gasteiger charge is -2.44. The van der Waals surface area contributed by atoms with Gasteiger partial charge in [0.25, 0.3) is 0 Å². The zero-order valence-corrected chi connectivity index (χ0v) is 17.7. The van der Waals surface area contributed by atoms with Crippen LogP contribution in [0.4, 0.5) is 18.9 Å². The second-order valence-corrected chi connectivity index (χ2v) is 9.19. The Kier molecular flexibility index (Phi) is 5.91. The van der Waals surface area contributed by atoms with Gasteiger partial charge in [-0.15, -0.1) is 0 Å². The van der Waals surface area contributed by atoms with Gasteiger partial charge in [0.1, 0.15) is 0 Å².